The molecular formula is C9H11BrN2O. The van der Waals surface area contributed by atoms with Gasteiger partial charge in [-0.15, -0.1) is 0 Å². The second kappa shape index (κ2) is 3.46. The molecule has 70 valence electrons. The Kier molecular flexibility index (Phi) is 2.31. The van der Waals surface area contributed by atoms with Crippen LogP contribution in [0.3, 0.4) is 0 Å². The third-order valence-corrected chi connectivity index (χ3v) is 2.44. The van der Waals surface area contributed by atoms with Crippen molar-refractivity contribution in [3.8, 4) is 5.75 Å². The average molecular weight is 243 g/mol. The monoisotopic (exact) mass is 242 g/mol. The molecule has 0 atom stereocenters. The van der Waals surface area contributed by atoms with E-state index < -0.39 is 0 Å². The molecule has 1 heterocycles. The standard InChI is InChI=1S/C9H11BrN2O/c10-6-4-7(11)9-8(5-6)13-3-1-2-12-9/h4-5,12H,1-3,11H2. The molecule has 0 saturated heterocycles. The van der Waals surface area contributed by atoms with E-state index in [1.807, 2.05) is 12.1 Å². The lowest BCUT2D eigenvalue weighted by atomic mass is 10.2. The maximum absolute atomic E-state index is 5.84. The van der Waals surface area contributed by atoms with Crippen LogP contribution >= 0.6 is 15.9 Å². The van der Waals surface area contributed by atoms with Gasteiger partial charge in [-0.25, -0.2) is 0 Å². The molecular weight excluding hydrogens is 232 g/mol. The zero-order valence-electron chi connectivity index (χ0n) is 7.14. The van der Waals surface area contributed by atoms with Crippen LogP contribution in [0, 0.1) is 0 Å². The van der Waals surface area contributed by atoms with Crippen LogP contribution in [0.2, 0.25) is 0 Å². The van der Waals surface area contributed by atoms with E-state index in [4.69, 9.17) is 10.5 Å². The molecule has 3 N–H and O–H groups in total. The molecule has 2 rings (SSSR count). The first-order chi connectivity index (χ1) is 6.27. The topological polar surface area (TPSA) is 47.3 Å². The van der Waals surface area contributed by atoms with Crippen molar-refractivity contribution < 1.29 is 4.74 Å². The number of fused-ring (bicyclic) bond motifs is 1. The van der Waals surface area contributed by atoms with Crippen LogP contribution in [0.5, 0.6) is 5.75 Å². The van der Waals surface area contributed by atoms with E-state index in [0.717, 1.165) is 41.2 Å². The molecule has 0 radical (unpaired) electrons. The van der Waals surface area contributed by atoms with Crippen molar-refractivity contribution in [2.24, 2.45) is 0 Å². The zero-order chi connectivity index (χ0) is 9.26. The van der Waals surface area contributed by atoms with Gasteiger partial charge in [0.1, 0.15) is 11.4 Å². The summed E-state index contributed by atoms with van der Waals surface area (Å²) in [5.74, 6) is 0.837. The summed E-state index contributed by atoms with van der Waals surface area (Å²) in [5, 5.41) is 3.25. The Morgan fingerprint density at radius 2 is 2.31 bits per heavy atom. The van der Waals surface area contributed by atoms with Crippen LogP contribution in [0.15, 0.2) is 16.6 Å². The van der Waals surface area contributed by atoms with Crippen molar-refractivity contribution in [3.05, 3.63) is 16.6 Å². The number of nitrogens with one attached hydrogen (secondary N) is 1. The summed E-state index contributed by atoms with van der Waals surface area (Å²) in [6, 6.07) is 3.81. The minimum absolute atomic E-state index is 0.728. The highest BCUT2D eigenvalue weighted by Crippen LogP contribution is 2.35. The summed E-state index contributed by atoms with van der Waals surface area (Å²) in [6.45, 7) is 1.66. The van der Waals surface area contributed by atoms with E-state index >= 15 is 0 Å². The fourth-order valence-electron chi connectivity index (χ4n) is 1.37. The van der Waals surface area contributed by atoms with E-state index in [2.05, 4.69) is 21.2 Å². The van der Waals surface area contributed by atoms with E-state index in [1.165, 1.54) is 0 Å². The molecule has 3 nitrogen and oxygen atoms in total. The Morgan fingerprint density at radius 1 is 1.46 bits per heavy atom. The fraction of sp³-hybridized carbons (Fsp3) is 0.333. The number of nitrogen functional groups attached to an aromatic ring is 1. The van der Waals surface area contributed by atoms with Gasteiger partial charge in [-0.2, -0.15) is 0 Å². The van der Waals surface area contributed by atoms with Gasteiger partial charge in [0.05, 0.1) is 12.3 Å². The van der Waals surface area contributed by atoms with Crippen LogP contribution in [0.1, 0.15) is 6.42 Å². The highest BCUT2D eigenvalue weighted by atomic mass is 79.9. The first kappa shape index (κ1) is 8.69. The quantitative estimate of drug-likeness (QED) is 0.687. The fourth-order valence-corrected chi connectivity index (χ4v) is 1.83. The Bertz CT molecular complexity index is 328. The van der Waals surface area contributed by atoms with Crippen LogP contribution in [-0.4, -0.2) is 13.2 Å². The molecule has 1 aliphatic heterocycles. The number of anilines is 2. The third kappa shape index (κ3) is 1.72. The van der Waals surface area contributed by atoms with E-state index in [9.17, 15) is 0 Å². The van der Waals surface area contributed by atoms with Crippen molar-refractivity contribution >= 4 is 27.3 Å². The van der Waals surface area contributed by atoms with E-state index in [0.29, 0.717) is 0 Å². The maximum Gasteiger partial charge on any atom is 0.145 e. The maximum atomic E-state index is 5.84. The summed E-state index contributed by atoms with van der Waals surface area (Å²) < 4.78 is 6.49. The molecule has 0 amide bonds. The summed E-state index contributed by atoms with van der Waals surface area (Å²) >= 11 is 3.38. The highest BCUT2D eigenvalue weighted by molar-refractivity contribution is 9.10. The van der Waals surface area contributed by atoms with Gasteiger partial charge < -0.3 is 15.8 Å². The van der Waals surface area contributed by atoms with Crippen LogP contribution in [0.25, 0.3) is 0 Å². The van der Waals surface area contributed by atoms with Crippen LogP contribution < -0.4 is 15.8 Å². The molecule has 0 bridgehead atoms. The van der Waals surface area contributed by atoms with Gasteiger partial charge in [-0.3, -0.25) is 0 Å². The summed E-state index contributed by atoms with van der Waals surface area (Å²) in [5.41, 5.74) is 7.48. The Balaban J connectivity index is 2.47. The molecule has 0 spiro atoms. The highest BCUT2D eigenvalue weighted by Gasteiger charge is 2.11. The second-order valence-electron chi connectivity index (χ2n) is 3.00. The number of ether oxygens (including phenoxy) is 1. The number of nitrogens with two attached hydrogens (primary N) is 1. The third-order valence-electron chi connectivity index (χ3n) is 1.98. The average Bonchev–Trinajstić information content (AvgIpc) is 2.28. The summed E-state index contributed by atoms with van der Waals surface area (Å²) in [6.07, 6.45) is 1.01. The minimum Gasteiger partial charge on any atom is -0.491 e. The van der Waals surface area contributed by atoms with Gasteiger partial charge in [0.15, 0.2) is 0 Å². The molecule has 1 aromatic rings. The van der Waals surface area contributed by atoms with Crippen LogP contribution in [0.4, 0.5) is 11.4 Å². The van der Waals surface area contributed by atoms with E-state index in [1.54, 1.807) is 0 Å². The molecule has 0 fully saturated rings. The Labute approximate surface area is 85.4 Å². The van der Waals surface area contributed by atoms with Gasteiger partial charge >= 0.3 is 0 Å². The number of halogens is 1. The Hall–Kier alpha value is -0.900. The number of hydrogen-bond donors (Lipinski definition) is 2. The number of hydrogen-bond acceptors (Lipinski definition) is 3. The number of benzene rings is 1. The largest absolute Gasteiger partial charge is 0.491 e. The first-order valence-electron chi connectivity index (χ1n) is 4.23. The van der Waals surface area contributed by atoms with Crippen molar-refractivity contribution in [2.75, 3.05) is 24.2 Å². The molecule has 13 heavy (non-hydrogen) atoms. The normalized spacial score (nSPS) is 15.2. The van der Waals surface area contributed by atoms with Gasteiger partial charge in [-0.05, 0) is 18.6 Å². The lowest BCUT2D eigenvalue weighted by Gasteiger charge is -2.10. The summed E-state index contributed by atoms with van der Waals surface area (Å²) in [7, 11) is 0. The predicted octanol–water partition coefficient (Wildman–Crippen LogP) is 2.23. The van der Waals surface area contributed by atoms with Gasteiger partial charge in [0.25, 0.3) is 0 Å². The summed E-state index contributed by atoms with van der Waals surface area (Å²) in [4.78, 5) is 0. The van der Waals surface area contributed by atoms with Crippen molar-refractivity contribution in [1.82, 2.24) is 0 Å². The molecule has 0 aromatic heterocycles. The predicted molar refractivity (Wildman–Crippen MR) is 57.2 cm³/mol. The molecule has 0 aliphatic carbocycles. The van der Waals surface area contributed by atoms with Crippen molar-refractivity contribution in [3.63, 3.8) is 0 Å². The zero-order valence-corrected chi connectivity index (χ0v) is 8.73. The second-order valence-corrected chi connectivity index (χ2v) is 3.91. The van der Waals surface area contributed by atoms with Gasteiger partial charge in [0, 0.05) is 11.0 Å². The molecule has 1 aliphatic rings. The smallest absolute Gasteiger partial charge is 0.145 e. The lowest BCUT2D eigenvalue weighted by molar-refractivity contribution is 0.323. The van der Waals surface area contributed by atoms with Crippen molar-refractivity contribution in [1.29, 1.82) is 0 Å². The lowest BCUT2D eigenvalue weighted by Crippen LogP contribution is -2.02. The SMILES string of the molecule is Nc1cc(Br)cc2c1NCCCO2. The molecule has 1 aromatic carbocycles. The van der Waals surface area contributed by atoms with Gasteiger partial charge in [0.2, 0.25) is 0 Å². The molecule has 0 saturated carbocycles. The number of rotatable bonds is 0. The van der Waals surface area contributed by atoms with Crippen molar-refractivity contribution in [2.45, 2.75) is 6.42 Å². The Morgan fingerprint density at radius 3 is 3.15 bits per heavy atom. The molecule has 4 heteroatoms. The van der Waals surface area contributed by atoms with Crippen LogP contribution in [-0.2, 0) is 0 Å². The van der Waals surface area contributed by atoms with Gasteiger partial charge in [-0.1, -0.05) is 15.9 Å². The van der Waals surface area contributed by atoms with E-state index in [-0.39, 0.29) is 0 Å². The minimum atomic E-state index is 0.728. The molecule has 0 unspecified atom stereocenters. The first-order valence-corrected chi connectivity index (χ1v) is 5.02.